The molecule has 1 aromatic heterocycles. The Morgan fingerprint density at radius 2 is 2.03 bits per heavy atom. The van der Waals surface area contributed by atoms with Gasteiger partial charge in [0.1, 0.15) is 6.04 Å². The van der Waals surface area contributed by atoms with Crippen LogP contribution in [-0.4, -0.2) is 70.2 Å². The fourth-order valence-electron chi connectivity index (χ4n) is 4.43. The molecule has 8 nitrogen and oxygen atoms in total. The summed E-state index contributed by atoms with van der Waals surface area (Å²) in [5, 5.41) is 22.9. The number of benzene rings is 1. The van der Waals surface area contributed by atoms with E-state index in [-0.39, 0.29) is 36.3 Å². The van der Waals surface area contributed by atoms with Crippen molar-refractivity contribution in [1.29, 1.82) is 5.26 Å². The Kier molecular flexibility index (Phi) is 6.53. The monoisotopic (exact) mass is 453 g/mol. The van der Waals surface area contributed by atoms with Gasteiger partial charge in [0.2, 0.25) is 5.91 Å². The van der Waals surface area contributed by atoms with Crippen molar-refractivity contribution in [1.82, 2.24) is 15.2 Å². The largest absolute Gasteiger partial charge is 0.392 e. The van der Waals surface area contributed by atoms with Gasteiger partial charge in [-0.15, -0.1) is 11.8 Å². The molecule has 2 aliphatic heterocycles. The van der Waals surface area contributed by atoms with Crippen LogP contribution in [0.2, 0.25) is 0 Å². The number of nitrogens with one attached hydrogen (secondary N) is 1. The van der Waals surface area contributed by atoms with E-state index in [9.17, 15) is 20.0 Å². The van der Waals surface area contributed by atoms with E-state index in [2.05, 4.69) is 21.3 Å². The highest BCUT2D eigenvalue weighted by atomic mass is 32.2. The first-order valence-electron chi connectivity index (χ1n) is 10.8. The van der Waals surface area contributed by atoms with E-state index < -0.39 is 6.04 Å². The van der Waals surface area contributed by atoms with E-state index in [0.29, 0.717) is 28.1 Å². The van der Waals surface area contributed by atoms with Gasteiger partial charge in [-0.2, -0.15) is 5.26 Å². The third-order valence-electron chi connectivity index (χ3n) is 6.27. The smallest absolute Gasteiger partial charge is 0.252 e. The van der Waals surface area contributed by atoms with Crippen LogP contribution in [0.5, 0.6) is 0 Å². The number of aliphatic hydroxyl groups is 1. The lowest BCUT2D eigenvalue weighted by atomic mass is 9.88. The van der Waals surface area contributed by atoms with Crippen molar-refractivity contribution in [2.24, 2.45) is 11.8 Å². The van der Waals surface area contributed by atoms with Crippen molar-refractivity contribution in [3.8, 4) is 6.07 Å². The number of fused-ring (bicyclic) bond motifs is 1. The van der Waals surface area contributed by atoms with Crippen LogP contribution in [0.1, 0.15) is 24.2 Å². The molecular formula is C23H27N5O3S. The summed E-state index contributed by atoms with van der Waals surface area (Å²) < 4.78 is 0. The molecule has 2 amide bonds. The Morgan fingerprint density at radius 3 is 2.75 bits per heavy atom. The topological polar surface area (TPSA) is 110 Å². The number of rotatable bonds is 4. The summed E-state index contributed by atoms with van der Waals surface area (Å²) in [6.45, 7) is 5.41. The highest BCUT2D eigenvalue weighted by Crippen LogP contribution is 2.30. The molecule has 1 aromatic carbocycles. The van der Waals surface area contributed by atoms with Gasteiger partial charge >= 0.3 is 0 Å². The maximum absolute atomic E-state index is 12.9. The Morgan fingerprint density at radius 1 is 1.28 bits per heavy atom. The molecule has 0 spiro atoms. The number of hydrogen-bond donors (Lipinski definition) is 2. The molecule has 2 N–H and O–H groups in total. The molecule has 9 heteroatoms. The Labute approximate surface area is 191 Å². The molecule has 2 saturated heterocycles. The summed E-state index contributed by atoms with van der Waals surface area (Å²) >= 11 is 1.53. The van der Waals surface area contributed by atoms with Gasteiger partial charge in [0, 0.05) is 36.1 Å². The van der Waals surface area contributed by atoms with Crippen LogP contribution in [-0.2, 0) is 4.79 Å². The maximum atomic E-state index is 12.9. The SMILES string of the molecule is C[C@@H]1CN(c2ccc3nccc(C(=O)NCC(=O)N4CSC[C@H]4C#N)c3c2)C[C@H](C)[C@@H]1O. The van der Waals surface area contributed by atoms with E-state index in [1.54, 1.807) is 12.3 Å². The molecule has 0 aliphatic carbocycles. The lowest BCUT2D eigenvalue weighted by Crippen LogP contribution is -2.47. The molecule has 2 aliphatic rings. The van der Waals surface area contributed by atoms with Crippen molar-refractivity contribution in [2.75, 3.05) is 36.2 Å². The minimum absolute atomic E-state index is 0.151. The summed E-state index contributed by atoms with van der Waals surface area (Å²) in [5.74, 6) is 0.758. The summed E-state index contributed by atoms with van der Waals surface area (Å²) in [4.78, 5) is 33.5. The second-order valence-corrected chi connectivity index (χ2v) is 9.60. The number of anilines is 1. The van der Waals surface area contributed by atoms with Gasteiger partial charge in [0.25, 0.3) is 5.91 Å². The first-order valence-corrected chi connectivity index (χ1v) is 11.9. The molecule has 0 radical (unpaired) electrons. The van der Waals surface area contributed by atoms with Gasteiger partial charge in [-0.25, -0.2) is 0 Å². The van der Waals surface area contributed by atoms with E-state index in [0.717, 1.165) is 18.8 Å². The van der Waals surface area contributed by atoms with Crippen LogP contribution in [0, 0.1) is 23.2 Å². The normalized spacial score (nSPS) is 25.6. The maximum Gasteiger partial charge on any atom is 0.252 e. The molecule has 3 heterocycles. The van der Waals surface area contributed by atoms with Gasteiger partial charge in [-0.3, -0.25) is 14.6 Å². The van der Waals surface area contributed by atoms with Crippen molar-refractivity contribution < 1.29 is 14.7 Å². The standard InChI is InChI=1S/C23H27N5O3S/c1-14-10-27(11-15(2)22(14)30)16-3-4-20-19(7-16)18(5-6-25-20)23(31)26-9-21(29)28-13-32-12-17(28)8-24/h3-7,14-15,17,22,30H,9-13H2,1-2H3,(H,26,31)/t14-,15+,17-,22-/m1/s1. The average molecular weight is 454 g/mol. The second kappa shape index (κ2) is 9.35. The lowest BCUT2D eigenvalue weighted by Gasteiger charge is -2.40. The molecule has 168 valence electrons. The minimum Gasteiger partial charge on any atom is -0.392 e. The van der Waals surface area contributed by atoms with Crippen molar-refractivity contribution in [2.45, 2.75) is 26.0 Å². The van der Waals surface area contributed by atoms with Crippen LogP contribution in [0.25, 0.3) is 10.9 Å². The quantitative estimate of drug-likeness (QED) is 0.727. The van der Waals surface area contributed by atoms with E-state index >= 15 is 0 Å². The van der Waals surface area contributed by atoms with Crippen molar-refractivity contribution in [3.63, 3.8) is 0 Å². The molecule has 4 atom stereocenters. The van der Waals surface area contributed by atoms with Gasteiger partial charge < -0.3 is 20.2 Å². The van der Waals surface area contributed by atoms with Crippen LogP contribution >= 0.6 is 11.8 Å². The van der Waals surface area contributed by atoms with Gasteiger partial charge in [0.15, 0.2) is 0 Å². The summed E-state index contributed by atoms with van der Waals surface area (Å²) in [6.07, 6.45) is 1.27. The number of nitriles is 1. The molecule has 0 unspecified atom stereocenters. The zero-order chi connectivity index (χ0) is 22.8. The molecule has 32 heavy (non-hydrogen) atoms. The highest BCUT2D eigenvalue weighted by molar-refractivity contribution is 7.99. The van der Waals surface area contributed by atoms with Crippen molar-refractivity contribution in [3.05, 3.63) is 36.0 Å². The van der Waals surface area contributed by atoms with Crippen LogP contribution in [0.4, 0.5) is 5.69 Å². The number of piperidine rings is 1. The first-order chi connectivity index (χ1) is 15.4. The van der Waals surface area contributed by atoms with Gasteiger partial charge in [-0.05, 0) is 36.1 Å². The molecule has 2 fully saturated rings. The number of aromatic nitrogens is 1. The molecule has 0 saturated carbocycles. The lowest BCUT2D eigenvalue weighted by molar-refractivity contribution is -0.129. The zero-order valence-corrected chi connectivity index (χ0v) is 19.0. The summed E-state index contributed by atoms with van der Waals surface area (Å²) in [5.41, 5.74) is 2.13. The minimum atomic E-state index is -0.443. The fourth-order valence-corrected chi connectivity index (χ4v) is 5.54. The third-order valence-corrected chi connectivity index (χ3v) is 7.28. The number of carbonyl (C=O) groups is 2. The number of carbonyl (C=O) groups excluding carboxylic acids is 2. The number of nitrogens with zero attached hydrogens (tertiary/aromatic N) is 4. The van der Waals surface area contributed by atoms with Gasteiger partial charge in [-0.1, -0.05) is 13.8 Å². The predicted octanol–water partition coefficient (Wildman–Crippen LogP) is 1.84. The number of hydrogen-bond acceptors (Lipinski definition) is 7. The van der Waals surface area contributed by atoms with Gasteiger partial charge in [0.05, 0.1) is 35.7 Å². The van der Waals surface area contributed by atoms with Crippen molar-refractivity contribution >= 4 is 40.2 Å². The number of aliphatic hydroxyl groups excluding tert-OH is 1. The Balaban J connectivity index is 1.52. The zero-order valence-electron chi connectivity index (χ0n) is 18.2. The average Bonchev–Trinajstić information content (AvgIpc) is 3.28. The Bertz CT molecular complexity index is 1060. The summed E-state index contributed by atoms with van der Waals surface area (Å²) in [7, 11) is 0. The Hall–Kier alpha value is -2.83. The van der Waals surface area contributed by atoms with Crippen LogP contribution in [0.15, 0.2) is 30.5 Å². The molecule has 2 aromatic rings. The fraction of sp³-hybridized carbons (Fsp3) is 0.478. The summed E-state index contributed by atoms with van der Waals surface area (Å²) in [6, 6.07) is 9.18. The number of amides is 2. The van der Waals surface area contributed by atoms with E-state index in [1.165, 1.54) is 16.7 Å². The number of pyridine rings is 1. The first kappa shape index (κ1) is 22.4. The number of thioether (sulfide) groups is 1. The van der Waals surface area contributed by atoms with Crippen LogP contribution < -0.4 is 10.2 Å². The predicted molar refractivity (Wildman–Crippen MR) is 124 cm³/mol. The molecular weight excluding hydrogens is 426 g/mol. The molecule has 4 rings (SSSR count). The van der Waals surface area contributed by atoms with E-state index in [1.807, 2.05) is 32.0 Å². The van der Waals surface area contributed by atoms with E-state index in [4.69, 9.17) is 0 Å². The highest BCUT2D eigenvalue weighted by Gasteiger charge is 2.31. The molecule has 0 bridgehead atoms. The van der Waals surface area contributed by atoms with Crippen LogP contribution in [0.3, 0.4) is 0 Å². The second-order valence-electron chi connectivity index (χ2n) is 8.60. The third kappa shape index (κ3) is 4.38.